The molecule has 1 aromatic carbocycles. The fourth-order valence-electron chi connectivity index (χ4n) is 5.02. The van der Waals surface area contributed by atoms with Gasteiger partial charge in [0, 0.05) is 49.2 Å². The fraction of sp³-hybridized carbons (Fsp3) is 0.241. The number of carbonyl (C=O) groups is 2. The minimum absolute atomic E-state index is 0.350. The minimum Gasteiger partial charge on any atom is -0.341 e. The second-order valence-electron chi connectivity index (χ2n) is 9.58. The van der Waals surface area contributed by atoms with E-state index < -0.39 is 0 Å². The Hall–Kier alpha value is -4.15. The van der Waals surface area contributed by atoms with E-state index >= 15 is 0 Å². The van der Waals surface area contributed by atoms with Crippen LogP contribution in [0.5, 0.6) is 0 Å². The Kier molecular flexibility index (Phi) is 7.29. The van der Waals surface area contributed by atoms with Crippen LogP contribution in [0.2, 0.25) is 0 Å². The Balaban J connectivity index is 1.05. The third-order valence-corrected chi connectivity index (χ3v) is 7.84. The first-order valence-corrected chi connectivity index (χ1v) is 13.8. The van der Waals surface area contributed by atoms with Gasteiger partial charge in [0.15, 0.2) is 0 Å². The number of aromatic nitrogens is 4. The number of hydrogen-bond donors (Lipinski definition) is 2. The van der Waals surface area contributed by atoms with Crippen LogP contribution in [0.4, 0.5) is 10.7 Å². The molecule has 6 rings (SSSR count). The third kappa shape index (κ3) is 5.67. The van der Waals surface area contributed by atoms with Crippen molar-refractivity contribution in [3.8, 4) is 11.3 Å². The summed E-state index contributed by atoms with van der Waals surface area (Å²) in [7, 11) is 0. The molecule has 39 heavy (non-hydrogen) atoms. The molecule has 5 heterocycles. The van der Waals surface area contributed by atoms with Gasteiger partial charge in [-0.15, -0.1) is 0 Å². The van der Waals surface area contributed by atoms with Gasteiger partial charge >= 0.3 is 0 Å². The first-order chi connectivity index (χ1) is 19.1. The predicted octanol–water partition coefficient (Wildman–Crippen LogP) is 4.42. The Morgan fingerprint density at radius 2 is 1.82 bits per heavy atom. The van der Waals surface area contributed by atoms with Crippen molar-refractivity contribution in [2.45, 2.75) is 19.4 Å². The van der Waals surface area contributed by atoms with E-state index in [1.807, 2.05) is 42.7 Å². The molecule has 2 saturated heterocycles. The second-order valence-corrected chi connectivity index (χ2v) is 10.6. The van der Waals surface area contributed by atoms with Crippen molar-refractivity contribution >= 4 is 45.8 Å². The number of rotatable bonds is 7. The van der Waals surface area contributed by atoms with Crippen molar-refractivity contribution in [1.29, 1.82) is 0 Å². The van der Waals surface area contributed by atoms with Crippen molar-refractivity contribution in [1.82, 2.24) is 30.6 Å². The van der Waals surface area contributed by atoms with Crippen LogP contribution in [0.3, 0.4) is 0 Å². The number of amides is 2. The van der Waals surface area contributed by atoms with Crippen LogP contribution in [-0.2, 0) is 11.3 Å². The molecule has 0 radical (unpaired) electrons. The van der Waals surface area contributed by atoms with Gasteiger partial charge < -0.3 is 10.2 Å². The van der Waals surface area contributed by atoms with Crippen molar-refractivity contribution in [3.05, 3.63) is 83.3 Å². The molecule has 4 aromatic rings. The second kappa shape index (κ2) is 11.3. The highest BCUT2D eigenvalue weighted by molar-refractivity contribution is 8.18. The van der Waals surface area contributed by atoms with Gasteiger partial charge in [-0.2, -0.15) is 0 Å². The molecule has 0 atom stereocenters. The van der Waals surface area contributed by atoms with Crippen LogP contribution in [0, 0.1) is 5.92 Å². The molecule has 0 saturated carbocycles. The summed E-state index contributed by atoms with van der Waals surface area (Å²) < 4.78 is 0. The van der Waals surface area contributed by atoms with Crippen LogP contribution in [0.1, 0.15) is 24.1 Å². The van der Waals surface area contributed by atoms with E-state index in [2.05, 4.69) is 42.6 Å². The molecular formula is C29H27N7O2S. The van der Waals surface area contributed by atoms with Crippen LogP contribution < -0.4 is 15.5 Å². The number of benzene rings is 1. The van der Waals surface area contributed by atoms with Crippen LogP contribution >= 0.6 is 11.8 Å². The van der Waals surface area contributed by atoms with Crippen LogP contribution in [0.25, 0.3) is 28.2 Å². The first kappa shape index (κ1) is 25.1. The molecule has 0 spiro atoms. The molecule has 3 aromatic heterocycles. The highest BCUT2D eigenvalue weighted by Crippen LogP contribution is 2.29. The largest absolute Gasteiger partial charge is 0.341 e. The number of fused-ring (bicyclic) bond motifs is 1. The lowest BCUT2D eigenvalue weighted by molar-refractivity contribution is -0.115. The number of piperidine rings is 1. The average Bonchev–Trinajstić information content (AvgIpc) is 3.29. The lowest BCUT2D eigenvalue weighted by Gasteiger charge is -2.32. The number of imide groups is 1. The van der Waals surface area contributed by atoms with Crippen molar-refractivity contribution in [2.75, 3.05) is 24.5 Å². The number of thioether (sulfide) groups is 1. The maximum atomic E-state index is 11.8. The highest BCUT2D eigenvalue weighted by atomic mass is 32.2. The predicted molar refractivity (Wildman–Crippen MR) is 153 cm³/mol. The van der Waals surface area contributed by atoms with Gasteiger partial charge in [0.1, 0.15) is 0 Å². The van der Waals surface area contributed by atoms with Gasteiger partial charge in [-0.25, -0.2) is 9.97 Å². The summed E-state index contributed by atoms with van der Waals surface area (Å²) >= 11 is 0.890. The summed E-state index contributed by atoms with van der Waals surface area (Å²) in [5.41, 5.74) is 4.84. The highest BCUT2D eigenvalue weighted by Gasteiger charge is 2.26. The van der Waals surface area contributed by atoms with E-state index in [1.165, 1.54) is 5.56 Å². The van der Waals surface area contributed by atoms with Gasteiger partial charge in [0.05, 0.1) is 21.8 Å². The summed E-state index contributed by atoms with van der Waals surface area (Å²) in [5, 5.41) is 6.67. The fourth-order valence-corrected chi connectivity index (χ4v) is 5.69. The molecule has 9 nitrogen and oxygen atoms in total. The average molecular weight is 538 g/mol. The molecule has 0 unspecified atom stereocenters. The monoisotopic (exact) mass is 537 g/mol. The Bertz CT molecular complexity index is 1560. The van der Waals surface area contributed by atoms with E-state index in [0.717, 1.165) is 72.9 Å². The number of hydrogen-bond acceptors (Lipinski definition) is 9. The van der Waals surface area contributed by atoms with Crippen molar-refractivity contribution < 1.29 is 9.59 Å². The quantitative estimate of drug-likeness (QED) is 0.331. The Morgan fingerprint density at radius 1 is 0.974 bits per heavy atom. The number of carbonyl (C=O) groups excluding carboxylic acids is 2. The van der Waals surface area contributed by atoms with E-state index in [9.17, 15) is 9.59 Å². The zero-order valence-corrected chi connectivity index (χ0v) is 22.0. The lowest BCUT2D eigenvalue weighted by Crippen LogP contribution is -2.38. The molecule has 2 aliphatic heterocycles. The summed E-state index contributed by atoms with van der Waals surface area (Å²) in [6.45, 7) is 3.39. The van der Waals surface area contributed by atoms with Gasteiger partial charge in [-0.3, -0.25) is 24.9 Å². The molecular weight excluding hydrogens is 510 g/mol. The van der Waals surface area contributed by atoms with Crippen LogP contribution in [-0.4, -0.2) is 50.7 Å². The van der Waals surface area contributed by atoms with Gasteiger partial charge in [0.25, 0.3) is 11.1 Å². The van der Waals surface area contributed by atoms with Crippen LogP contribution in [0.15, 0.2) is 72.0 Å². The summed E-state index contributed by atoms with van der Waals surface area (Å²) in [6.07, 6.45) is 9.08. The smallest absolute Gasteiger partial charge is 0.290 e. The first-order valence-electron chi connectivity index (χ1n) is 13.0. The lowest BCUT2D eigenvalue weighted by atomic mass is 9.96. The molecule has 2 N–H and O–H groups in total. The van der Waals surface area contributed by atoms with Gasteiger partial charge in [0.2, 0.25) is 5.95 Å². The third-order valence-electron chi connectivity index (χ3n) is 7.03. The van der Waals surface area contributed by atoms with Gasteiger partial charge in [-0.1, -0.05) is 24.3 Å². The maximum Gasteiger partial charge on any atom is 0.290 e. The van der Waals surface area contributed by atoms with E-state index in [1.54, 1.807) is 18.3 Å². The molecule has 0 aliphatic carbocycles. The maximum absolute atomic E-state index is 11.8. The molecule has 0 bridgehead atoms. The minimum atomic E-state index is -0.383. The standard InChI is InChI=1S/C29H27N7O2S/c37-27-25(39-29(38)35-27)16-21-7-12-33-28(34-21)36-14-9-19(10-15-36)17-30-18-20-4-3-11-32-26(20)23-8-13-31-24-6-2-1-5-22(23)24/h1-8,11-13,16,19,30H,9-10,14-15,17-18H2,(H,35,37,38). The van der Waals surface area contributed by atoms with Crippen molar-refractivity contribution in [2.24, 2.45) is 5.92 Å². The zero-order valence-electron chi connectivity index (χ0n) is 21.2. The number of para-hydroxylation sites is 1. The normalized spacial score (nSPS) is 17.2. The number of nitrogens with one attached hydrogen (secondary N) is 2. The summed E-state index contributed by atoms with van der Waals surface area (Å²) in [4.78, 5) is 44.1. The summed E-state index contributed by atoms with van der Waals surface area (Å²) in [5.74, 6) is 0.819. The Morgan fingerprint density at radius 3 is 2.67 bits per heavy atom. The SMILES string of the molecule is O=C1NC(=O)C(=Cc2ccnc(N3CCC(CNCc4cccnc4-c4ccnc5ccccc45)CC3)n2)S1. The summed E-state index contributed by atoms with van der Waals surface area (Å²) in [6, 6.07) is 16.1. The molecule has 196 valence electrons. The number of anilines is 1. The molecule has 2 amide bonds. The number of nitrogens with zero attached hydrogens (tertiary/aromatic N) is 5. The van der Waals surface area contributed by atoms with E-state index in [-0.39, 0.29) is 11.1 Å². The van der Waals surface area contributed by atoms with E-state index in [4.69, 9.17) is 4.98 Å². The van der Waals surface area contributed by atoms with Crippen molar-refractivity contribution in [3.63, 3.8) is 0 Å². The number of pyridine rings is 2. The molecule has 2 fully saturated rings. The molecule has 2 aliphatic rings. The Labute approximate surface area is 230 Å². The topological polar surface area (TPSA) is 113 Å². The van der Waals surface area contributed by atoms with E-state index in [0.29, 0.717) is 22.5 Å². The van der Waals surface area contributed by atoms with Gasteiger partial charge in [-0.05, 0) is 73.0 Å². The zero-order chi connectivity index (χ0) is 26.6. The molecule has 10 heteroatoms.